The molecule has 0 saturated heterocycles. The molecule has 0 spiro atoms. The van der Waals surface area contributed by atoms with Crippen molar-refractivity contribution in [2.24, 2.45) is 0 Å². The number of nitrogens with zero attached hydrogens (tertiary/aromatic N) is 2. The summed E-state index contributed by atoms with van der Waals surface area (Å²) in [7, 11) is 3.16. The van der Waals surface area contributed by atoms with Gasteiger partial charge in [0, 0.05) is 24.1 Å². The van der Waals surface area contributed by atoms with Crippen molar-refractivity contribution in [2.45, 2.75) is 6.61 Å². The van der Waals surface area contributed by atoms with E-state index in [1.54, 1.807) is 50.9 Å². The van der Waals surface area contributed by atoms with Gasteiger partial charge in [0.1, 0.15) is 12.4 Å². The zero-order valence-electron chi connectivity index (χ0n) is 16.0. The summed E-state index contributed by atoms with van der Waals surface area (Å²) in [4.78, 5) is 8.28. The van der Waals surface area contributed by atoms with E-state index in [1.807, 2.05) is 18.2 Å². The quantitative estimate of drug-likeness (QED) is 0.504. The highest BCUT2D eigenvalue weighted by Crippen LogP contribution is 2.29. The maximum atomic E-state index is 5.79. The average Bonchev–Trinajstić information content (AvgIpc) is 2.73. The molecular formula is C20H21N5O3S. The van der Waals surface area contributed by atoms with Crippen LogP contribution in [0.4, 0.5) is 17.3 Å². The largest absolute Gasteiger partial charge is 0.493 e. The molecule has 1 aromatic carbocycles. The first-order valence-corrected chi connectivity index (χ1v) is 9.08. The lowest BCUT2D eigenvalue weighted by molar-refractivity contribution is 0.307. The third kappa shape index (κ3) is 5.45. The van der Waals surface area contributed by atoms with Crippen LogP contribution in [0.1, 0.15) is 5.56 Å². The predicted molar refractivity (Wildman–Crippen MR) is 117 cm³/mol. The van der Waals surface area contributed by atoms with E-state index in [-0.39, 0.29) is 0 Å². The summed E-state index contributed by atoms with van der Waals surface area (Å²) in [5.74, 6) is 2.71. The monoisotopic (exact) mass is 411 g/mol. The molecule has 0 amide bonds. The number of methoxy groups -OCH3 is 2. The van der Waals surface area contributed by atoms with Crippen LogP contribution in [-0.4, -0.2) is 29.3 Å². The smallest absolute Gasteiger partial charge is 0.176 e. The van der Waals surface area contributed by atoms with Gasteiger partial charge in [0.2, 0.25) is 0 Å². The van der Waals surface area contributed by atoms with Gasteiger partial charge in [-0.25, -0.2) is 9.97 Å². The second kappa shape index (κ2) is 9.56. The Morgan fingerprint density at radius 3 is 2.55 bits per heavy atom. The number of nitrogens with two attached hydrogens (primary N) is 1. The molecule has 0 aliphatic rings. The van der Waals surface area contributed by atoms with E-state index in [2.05, 4.69) is 20.6 Å². The number of hydrogen-bond acceptors (Lipinski definition) is 7. The highest BCUT2D eigenvalue weighted by molar-refractivity contribution is 7.80. The van der Waals surface area contributed by atoms with Gasteiger partial charge in [0.05, 0.1) is 14.2 Å². The SMILES string of the molecule is COc1ccc(NC(=S)Nc2cc(COc3cccnc3N)ccn2)cc1OC. The van der Waals surface area contributed by atoms with Crippen LogP contribution in [0, 0.1) is 0 Å². The Bertz CT molecular complexity index is 999. The molecule has 3 aromatic rings. The summed E-state index contributed by atoms with van der Waals surface area (Å²) in [6, 6.07) is 12.7. The Balaban J connectivity index is 1.61. The van der Waals surface area contributed by atoms with Crippen LogP contribution >= 0.6 is 12.2 Å². The van der Waals surface area contributed by atoms with Crippen LogP contribution in [0.2, 0.25) is 0 Å². The number of anilines is 3. The predicted octanol–water partition coefficient (Wildman–Crippen LogP) is 3.46. The van der Waals surface area contributed by atoms with Crippen molar-refractivity contribution in [3.63, 3.8) is 0 Å². The molecule has 0 fully saturated rings. The molecule has 0 unspecified atom stereocenters. The lowest BCUT2D eigenvalue weighted by atomic mass is 10.2. The Kier molecular flexibility index (Phi) is 6.64. The molecular weight excluding hydrogens is 390 g/mol. The molecule has 3 rings (SSSR count). The summed E-state index contributed by atoms with van der Waals surface area (Å²) < 4.78 is 16.2. The van der Waals surface area contributed by atoms with Gasteiger partial charge >= 0.3 is 0 Å². The Hall–Kier alpha value is -3.59. The minimum Gasteiger partial charge on any atom is -0.493 e. The average molecular weight is 411 g/mol. The van der Waals surface area contributed by atoms with Crippen LogP contribution < -0.4 is 30.6 Å². The van der Waals surface area contributed by atoms with Crippen LogP contribution in [0.3, 0.4) is 0 Å². The van der Waals surface area contributed by atoms with Gasteiger partial charge in [-0.15, -0.1) is 0 Å². The number of nitrogen functional groups attached to an aromatic ring is 1. The number of rotatable bonds is 7. The van der Waals surface area contributed by atoms with Crippen molar-refractivity contribution in [1.29, 1.82) is 0 Å². The Labute approximate surface area is 174 Å². The van der Waals surface area contributed by atoms with Gasteiger partial charge in [0.25, 0.3) is 0 Å². The van der Waals surface area contributed by atoms with Crippen LogP contribution in [-0.2, 0) is 6.61 Å². The van der Waals surface area contributed by atoms with Crippen molar-refractivity contribution in [2.75, 3.05) is 30.6 Å². The minimum absolute atomic E-state index is 0.322. The first-order chi connectivity index (χ1) is 14.1. The van der Waals surface area contributed by atoms with Gasteiger partial charge in [-0.05, 0) is 54.2 Å². The Morgan fingerprint density at radius 2 is 1.79 bits per heavy atom. The van der Waals surface area contributed by atoms with Gasteiger partial charge < -0.3 is 30.6 Å². The fourth-order valence-electron chi connectivity index (χ4n) is 2.51. The van der Waals surface area contributed by atoms with Crippen LogP contribution in [0.5, 0.6) is 17.2 Å². The van der Waals surface area contributed by atoms with Crippen molar-refractivity contribution in [3.05, 3.63) is 60.4 Å². The van der Waals surface area contributed by atoms with Gasteiger partial charge in [-0.3, -0.25) is 0 Å². The zero-order valence-corrected chi connectivity index (χ0v) is 16.8. The van der Waals surface area contributed by atoms with Crippen molar-refractivity contribution >= 4 is 34.7 Å². The van der Waals surface area contributed by atoms with Crippen molar-refractivity contribution < 1.29 is 14.2 Å². The van der Waals surface area contributed by atoms with Crippen LogP contribution in [0.15, 0.2) is 54.9 Å². The van der Waals surface area contributed by atoms with E-state index in [1.165, 1.54) is 0 Å². The second-order valence-electron chi connectivity index (χ2n) is 5.87. The van der Waals surface area contributed by atoms with E-state index in [4.69, 9.17) is 32.2 Å². The van der Waals surface area contributed by atoms with E-state index >= 15 is 0 Å². The topological polar surface area (TPSA) is 104 Å². The first kappa shape index (κ1) is 20.2. The molecule has 0 atom stereocenters. The van der Waals surface area contributed by atoms with E-state index in [0.29, 0.717) is 40.6 Å². The summed E-state index contributed by atoms with van der Waals surface area (Å²) in [6.07, 6.45) is 3.29. The van der Waals surface area contributed by atoms with Crippen molar-refractivity contribution in [3.8, 4) is 17.2 Å². The van der Waals surface area contributed by atoms with Crippen molar-refractivity contribution in [1.82, 2.24) is 9.97 Å². The van der Waals surface area contributed by atoms with Gasteiger partial charge in [0.15, 0.2) is 28.2 Å². The molecule has 29 heavy (non-hydrogen) atoms. The zero-order chi connectivity index (χ0) is 20.6. The Morgan fingerprint density at radius 1 is 0.966 bits per heavy atom. The number of benzene rings is 1. The standard InChI is InChI=1S/C20H21N5O3S/c1-26-15-6-5-14(11-17(15)27-2)24-20(29)25-18-10-13(7-9-22-18)12-28-16-4-3-8-23-19(16)21/h3-11H,12H2,1-2H3,(H2,21,23)(H2,22,24,25,29). The molecule has 0 aliphatic carbocycles. The summed E-state index contributed by atoms with van der Waals surface area (Å²) in [6.45, 7) is 0.322. The highest BCUT2D eigenvalue weighted by atomic mass is 32.1. The number of pyridine rings is 2. The highest BCUT2D eigenvalue weighted by Gasteiger charge is 2.07. The van der Waals surface area contributed by atoms with E-state index in [9.17, 15) is 0 Å². The molecule has 0 saturated carbocycles. The maximum absolute atomic E-state index is 5.79. The maximum Gasteiger partial charge on any atom is 0.176 e. The number of ether oxygens (including phenoxy) is 3. The number of thiocarbonyl (C=S) groups is 1. The lowest BCUT2D eigenvalue weighted by Gasteiger charge is -2.13. The van der Waals surface area contributed by atoms with E-state index < -0.39 is 0 Å². The summed E-state index contributed by atoms with van der Waals surface area (Å²) in [5, 5.41) is 6.53. The number of hydrogen-bond donors (Lipinski definition) is 3. The molecule has 8 nitrogen and oxygen atoms in total. The molecule has 0 bridgehead atoms. The normalized spacial score (nSPS) is 10.1. The van der Waals surface area contributed by atoms with Crippen LogP contribution in [0.25, 0.3) is 0 Å². The van der Waals surface area contributed by atoms with Gasteiger partial charge in [-0.2, -0.15) is 0 Å². The molecule has 0 aliphatic heterocycles. The summed E-state index contributed by atoms with van der Waals surface area (Å²) in [5.41, 5.74) is 7.45. The molecule has 0 radical (unpaired) electrons. The fraction of sp³-hybridized carbons (Fsp3) is 0.150. The first-order valence-electron chi connectivity index (χ1n) is 8.67. The minimum atomic E-state index is 0.322. The van der Waals surface area contributed by atoms with E-state index in [0.717, 1.165) is 11.3 Å². The summed E-state index contributed by atoms with van der Waals surface area (Å²) >= 11 is 5.37. The molecule has 150 valence electrons. The molecule has 9 heteroatoms. The third-order valence-electron chi connectivity index (χ3n) is 3.90. The molecule has 2 aromatic heterocycles. The third-order valence-corrected chi connectivity index (χ3v) is 4.11. The fourth-order valence-corrected chi connectivity index (χ4v) is 2.73. The number of nitrogens with one attached hydrogen (secondary N) is 2. The molecule has 2 heterocycles. The van der Waals surface area contributed by atoms with Gasteiger partial charge in [-0.1, -0.05) is 0 Å². The molecule has 4 N–H and O–H groups in total. The number of aromatic nitrogens is 2. The second-order valence-corrected chi connectivity index (χ2v) is 6.28. The lowest BCUT2D eigenvalue weighted by Crippen LogP contribution is -2.20.